The van der Waals surface area contributed by atoms with Crippen molar-refractivity contribution in [2.24, 2.45) is 0 Å². The van der Waals surface area contributed by atoms with Crippen LogP contribution in [0.4, 0.5) is 8.78 Å². The molecule has 0 radical (unpaired) electrons. The lowest BCUT2D eigenvalue weighted by atomic mass is 10.2. The van der Waals surface area contributed by atoms with E-state index in [-0.39, 0.29) is 0 Å². The maximum atomic E-state index is 12.9. The monoisotopic (exact) mass is 164 g/mol. The van der Waals surface area contributed by atoms with Crippen molar-refractivity contribution in [3.05, 3.63) is 48.0 Å². The molecular weight excluding hydrogens is 158 g/mol. The summed E-state index contributed by atoms with van der Waals surface area (Å²) in [7, 11) is 0. The van der Waals surface area contributed by atoms with Gasteiger partial charge in [0.05, 0.1) is 0 Å². The summed E-state index contributed by atoms with van der Waals surface area (Å²) in [5, 5.41) is 0. The predicted molar refractivity (Wildman–Crippen MR) is 43.0 cm³/mol. The summed E-state index contributed by atoms with van der Waals surface area (Å²) in [6, 6.07) is 9.14. The Balaban J connectivity index is 2.79. The Hall–Kier alpha value is -1.44. The van der Waals surface area contributed by atoms with Crippen molar-refractivity contribution in [1.29, 1.82) is 0 Å². The normalized spacial score (nSPS) is 10.5. The fourth-order valence-electron chi connectivity index (χ4n) is 1.23. The summed E-state index contributed by atoms with van der Waals surface area (Å²) < 4.78 is 25.9. The molecule has 0 amide bonds. The molecule has 0 aromatic carbocycles. The van der Waals surface area contributed by atoms with E-state index >= 15 is 0 Å². The minimum Gasteiger partial charge on any atom is -0.206 e. The second kappa shape index (κ2) is 2.55. The Kier molecular flexibility index (Phi) is 1.54. The van der Waals surface area contributed by atoms with Crippen molar-refractivity contribution in [3.63, 3.8) is 0 Å². The molecule has 0 heterocycles. The first kappa shape index (κ1) is 7.22. The van der Waals surface area contributed by atoms with Crippen molar-refractivity contribution in [3.8, 4) is 11.1 Å². The molecule has 0 spiro atoms. The fourth-order valence-corrected chi connectivity index (χ4v) is 1.23. The second-order valence-electron chi connectivity index (χ2n) is 2.58. The smallest absolute Gasteiger partial charge is 0.134 e. The first-order valence-corrected chi connectivity index (χ1v) is 3.62. The molecule has 0 aromatic heterocycles. The van der Waals surface area contributed by atoms with Crippen LogP contribution in [0.5, 0.6) is 0 Å². The van der Waals surface area contributed by atoms with Gasteiger partial charge < -0.3 is 0 Å². The molecule has 0 N–H and O–H groups in total. The third-order valence-corrected chi connectivity index (χ3v) is 1.81. The molecule has 0 aromatic rings. The summed E-state index contributed by atoms with van der Waals surface area (Å²) in [4.78, 5) is 0. The molecule has 2 aliphatic rings. The average Bonchev–Trinajstić information content (AvgIpc) is 2.29. The first-order chi connectivity index (χ1) is 5.79. The summed E-state index contributed by atoms with van der Waals surface area (Å²) in [5.41, 5.74) is 0.662. The molecule has 0 unspecified atom stereocenters. The summed E-state index contributed by atoms with van der Waals surface area (Å²) in [5.74, 6) is -1.00. The van der Waals surface area contributed by atoms with E-state index in [1.807, 2.05) is 0 Å². The van der Waals surface area contributed by atoms with Gasteiger partial charge in [0.15, 0.2) is 0 Å². The number of halogens is 2. The van der Waals surface area contributed by atoms with Crippen LogP contribution in [0.15, 0.2) is 36.4 Å². The van der Waals surface area contributed by atoms with Gasteiger partial charge in [-0.05, 0) is 0 Å². The maximum absolute atomic E-state index is 12.9. The van der Waals surface area contributed by atoms with E-state index in [0.29, 0.717) is 11.1 Å². The van der Waals surface area contributed by atoms with Crippen LogP contribution in [-0.4, -0.2) is 0 Å². The van der Waals surface area contributed by atoms with Crippen LogP contribution in [0.3, 0.4) is 0 Å². The SMILES string of the molecule is Fc1cc(F)c2cccccc1-2. The summed E-state index contributed by atoms with van der Waals surface area (Å²) in [6.07, 6.45) is 0. The molecule has 2 rings (SSSR count). The van der Waals surface area contributed by atoms with Crippen molar-refractivity contribution >= 4 is 0 Å². The highest BCUT2D eigenvalue weighted by atomic mass is 19.1. The van der Waals surface area contributed by atoms with Crippen LogP contribution >= 0.6 is 0 Å². The molecule has 0 bridgehead atoms. The zero-order valence-electron chi connectivity index (χ0n) is 6.22. The highest BCUT2D eigenvalue weighted by Gasteiger charge is 2.13. The van der Waals surface area contributed by atoms with Gasteiger partial charge in [0, 0.05) is 17.2 Å². The van der Waals surface area contributed by atoms with Crippen LogP contribution in [0.2, 0.25) is 0 Å². The minimum atomic E-state index is -0.501. The molecule has 0 atom stereocenters. The number of hydrogen-bond donors (Lipinski definition) is 0. The van der Waals surface area contributed by atoms with Crippen LogP contribution in [-0.2, 0) is 0 Å². The lowest BCUT2D eigenvalue weighted by molar-refractivity contribution is 0.608. The Bertz CT molecular complexity index is 348. The highest BCUT2D eigenvalue weighted by molar-refractivity contribution is 5.67. The van der Waals surface area contributed by atoms with E-state index in [2.05, 4.69) is 0 Å². The van der Waals surface area contributed by atoms with Gasteiger partial charge in [-0.2, -0.15) is 0 Å². The van der Waals surface area contributed by atoms with Gasteiger partial charge in [0.2, 0.25) is 0 Å². The molecule has 2 heteroatoms. The quantitative estimate of drug-likeness (QED) is 0.561. The standard InChI is InChI=1S/C10H6F2/c11-9-6-10(12)8-5-3-1-2-4-7(8)9/h1-6H. The van der Waals surface area contributed by atoms with Crippen LogP contribution < -0.4 is 0 Å². The number of hydrogen-bond acceptors (Lipinski definition) is 0. The zero-order chi connectivity index (χ0) is 8.55. The van der Waals surface area contributed by atoms with Crippen molar-refractivity contribution in [2.45, 2.75) is 0 Å². The van der Waals surface area contributed by atoms with Gasteiger partial charge in [-0.3, -0.25) is 0 Å². The number of rotatable bonds is 0. The lowest BCUT2D eigenvalue weighted by Gasteiger charge is -1.89. The average molecular weight is 164 g/mol. The van der Waals surface area contributed by atoms with E-state index in [1.54, 1.807) is 30.3 Å². The highest BCUT2D eigenvalue weighted by Crippen LogP contribution is 2.28. The Morgan fingerprint density at radius 2 is 1.25 bits per heavy atom. The molecule has 12 heavy (non-hydrogen) atoms. The van der Waals surface area contributed by atoms with Crippen LogP contribution in [0, 0.1) is 11.6 Å². The van der Waals surface area contributed by atoms with Gasteiger partial charge >= 0.3 is 0 Å². The molecule has 60 valence electrons. The molecular formula is C10H6F2. The van der Waals surface area contributed by atoms with Gasteiger partial charge in [0.25, 0.3) is 0 Å². The Morgan fingerprint density at radius 3 is 1.75 bits per heavy atom. The summed E-state index contributed by atoms with van der Waals surface area (Å²) >= 11 is 0. The third kappa shape index (κ3) is 0.961. The van der Waals surface area contributed by atoms with Gasteiger partial charge in [-0.15, -0.1) is 0 Å². The Morgan fingerprint density at radius 1 is 0.750 bits per heavy atom. The molecule has 0 saturated heterocycles. The van der Waals surface area contributed by atoms with E-state index in [1.165, 1.54) is 0 Å². The molecule has 0 aliphatic heterocycles. The van der Waals surface area contributed by atoms with E-state index in [9.17, 15) is 8.78 Å². The van der Waals surface area contributed by atoms with Crippen LogP contribution in [0.1, 0.15) is 0 Å². The maximum Gasteiger partial charge on any atom is 0.134 e. The zero-order valence-corrected chi connectivity index (χ0v) is 6.22. The van der Waals surface area contributed by atoms with Gasteiger partial charge in [-0.25, -0.2) is 8.78 Å². The van der Waals surface area contributed by atoms with Crippen molar-refractivity contribution in [2.75, 3.05) is 0 Å². The molecule has 2 aliphatic carbocycles. The van der Waals surface area contributed by atoms with Crippen LogP contribution in [0.25, 0.3) is 11.1 Å². The minimum absolute atomic E-state index is 0.331. The third-order valence-electron chi connectivity index (χ3n) is 1.81. The van der Waals surface area contributed by atoms with E-state index in [0.717, 1.165) is 6.07 Å². The molecule has 0 saturated carbocycles. The largest absolute Gasteiger partial charge is 0.206 e. The van der Waals surface area contributed by atoms with E-state index < -0.39 is 11.6 Å². The predicted octanol–water partition coefficient (Wildman–Crippen LogP) is 3.07. The van der Waals surface area contributed by atoms with Gasteiger partial charge in [0.1, 0.15) is 11.6 Å². The molecule has 0 nitrogen and oxygen atoms in total. The Labute approximate surface area is 68.8 Å². The van der Waals surface area contributed by atoms with Crippen molar-refractivity contribution in [1.82, 2.24) is 0 Å². The van der Waals surface area contributed by atoms with Crippen molar-refractivity contribution < 1.29 is 8.78 Å². The molecule has 0 fully saturated rings. The first-order valence-electron chi connectivity index (χ1n) is 3.62. The number of fused-ring (bicyclic) bond motifs is 1. The summed E-state index contributed by atoms with van der Waals surface area (Å²) in [6.45, 7) is 0. The van der Waals surface area contributed by atoms with Gasteiger partial charge in [-0.1, -0.05) is 30.3 Å². The fraction of sp³-hybridized carbons (Fsp3) is 0. The second-order valence-corrected chi connectivity index (χ2v) is 2.58. The lowest BCUT2D eigenvalue weighted by Crippen LogP contribution is -1.71. The topological polar surface area (TPSA) is 0 Å². The van der Waals surface area contributed by atoms with E-state index in [4.69, 9.17) is 0 Å².